The average molecular weight is 242 g/mol. The van der Waals surface area contributed by atoms with Gasteiger partial charge < -0.3 is 5.73 Å². The maximum atomic E-state index is 6.15. The number of hydrogen-bond donors (Lipinski definition) is 1. The molecular weight excluding hydrogens is 226 g/mol. The van der Waals surface area contributed by atoms with Crippen LogP contribution in [0, 0.1) is 12.8 Å². The van der Waals surface area contributed by atoms with Crippen LogP contribution < -0.4 is 5.73 Å². The second kappa shape index (κ2) is 4.77. The summed E-state index contributed by atoms with van der Waals surface area (Å²) in [6.07, 6.45) is 0.975. The third-order valence-electron chi connectivity index (χ3n) is 2.96. The zero-order chi connectivity index (χ0) is 10.8. The number of halogens is 1. The first kappa shape index (κ1) is 11.3. The summed E-state index contributed by atoms with van der Waals surface area (Å²) in [5.74, 6) is 3.17. The van der Waals surface area contributed by atoms with Crippen LogP contribution in [0.5, 0.6) is 0 Å². The maximum Gasteiger partial charge on any atom is 0.0435 e. The number of hydrogen-bond acceptors (Lipinski definition) is 2. The van der Waals surface area contributed by atoms with Crippen LogP contribution in [0.25, 0.3) is 0 Å². The Bertz CT molecular complexity index is 349. The highest BCUT2D eigenvalue weighted by Gasteiger charge is 2.24. The molecule has 1 atom stereocenters. The first-order chi connectivity index (χ1) is 7.16. The summed E-state index contributed by atoms with van der Waals surface area (Å²) in [7, 11) is 0. The van der Waals surface area contributed by atoms with Crippen LogP contribution in [0.3, 0.4) is 0 Å². The van der Waals surface area contributed by atoms with Crippen LogP contribution >= 0.6 is 23.4 Å². The van der Waals surface area contributed by atoms with Crippen LogP contribution in [0.4, 0.5) is 0 Å². The lowest BCUT2D eigenvalue weighted by Crippen LogP contribution is -2.39. The van der Waals surface area contributed by atoms with Gasteiger partial charge in [0.2, 0.25) is 0 Å². The van der Waals surface area contributed by atoms with Crippen molar-refractivity contribution in [1.82, 2.24) is 0 Å². The topological polar surface area (TPSA) is 26.0 Å². The normalized spacial score (nSPS) is 18.6. The predicted octanol–water partition coefficient (Wildman–Crippen LogP) is 2.88. The van der Waals surface area contributed by atoms with Crippen LogP contribution in [0.15, 0.2) is 18.2 Å². The molecule has 2 rings (SSSR count). The van der Waals surface area contributed by atoms with Crippen molar-refractivity contribution in [1.29, 1.82) is 0 Å². The van der Waals surface area contributed by atoms with E-state index < -0.39 is 0 Å². The zero-order valence-electron chi connectivity index (χ0n) is 8.87. The molecule has 1 fully saturated rings. The lowest BCUT2D eigenvalue weighted by molar-refractivity contribution is 0.485. The Hall–Kier alpha value is -0.180. The fraction of sp³-hybridized carbons (Fsp3) is 0.500. The van der Waals surface area contributed by atoms with E-state index in [0.717, 1.165) is 17.0 Å². The highest BCUT2D eigenvalue weighted by molar-refractivity contribution is 8.00. The summed E-state index contributed by atoms with van der Waals surface area (Å²) < 4.78 is 0. The van der Waals surface area contributed by atoms with E-state index in [1.807, 2.05) is 24.8 Å². The SMILES string of the molecule is Cc1cc(CC(N)C2CSC2)ccc1Cl. The van der Waals surface area contributed by atoms with Gasteiger partial charge in [0.15, 0.2) is 0 Å². The van der Waals surface area contributed by atoms with E-state index in [0.29, 0.717) is 12.0 Å². The molecule has 1 nitrogen and oxygen atoms in total. The first-order valence-electron chi connectivity index (χ1n) is 5.25. The Labute approximate surface area is 100 Å². The molecule has 82 valence electrons. The molecule has 1 aromatic carbocycles. The van der Waals surface area contributed by atoms with Gasteiger partial charge in [0.05, 0.1) is 0 Å². The van der Waals surface area contributed by atoms with Crippen LogP contribution in [-0.4, -0.2) is 17.5 Å². The molecule has 1 unspecified atom stereocenters. The van der Waals surface area contributed by atoms with Gasteiger partial charge in [-0.25, -0.2) is 0 Å². The van der Waals surface area contributed by atoms with Gasteiger partial charge in [-0.15, -0.1) is 0 Å². The summed E-state index contributed by atoms with van der Waals surface area (Å²) >= 11 is 7.97. The summed E-state index contributed by atoms with van der Waals surface area (Å²) in [4.78, 5) is 0. The Balaban J connectivity index is 2.00. The van der Waals surface area contributed by atoms with Crippen molar-refractivity contribution in [3.8, 4) is 0 Å². The van der Waals surface area contributed by atoms with Gasteiger partial charge in [-0.05, 0) is 48.0 Å². The third kappa shape index (κ3) is 2.68. The number of nitrogens with two attached hydrogens (primary N) is 1. The third-order valence-corrected chi connectivity index (χ3v) is 4.71. The second-order valence-corrected chi connectivity index (χ2v) is 5.73. The van der Waals surface area contributed by atoms with Gasteiger partial charge in [-0.2, -0.15) is 11.8 Å². The van der Waals surface area contributed by atoms with Crippen LogP contribution in [-0.2, 0) is 6.42 Å². The molecule has 0 aliphatic carbocycles. The summed E-state index contributed by atoms with van der Waals surface area (Å²) in [5.41, 5.74) is 8.60. The second-order valence-electron chi connectivity index (χ2n) is 4.25. The summed E-state index contributed by atoms with van der Waals surface area (Å²) in [5, 5.41) is 0.839. The molecule has 15 heavy (non-hydrogen) atoms. The van der Waals surface area contributed by atoms with Crippen LogP contribution in [0.1, 0.15) is 11.1 Å². The largest absolute Gasteiger partial charge is 0.327 e. The average Bonchev–Trinajstić information content (AvgIpc) is 2.08. The Kier molecular flexibility index (Phi) is 3.60. The van der Waals surface area contributed by atoms with Crippen molar-refractivity contribution >= 4 is 23.4 Å². The molecule has 0 bridgehead atoms. The molecule has 1 heterocycles. The van der Waals surface area contributed by atoms with Gasteiger partial charge in [-0.3, -0.25) is 0 Å². The minimum absolute atomic E-state index is 0.312. The highest BCUT2D eigenvalue weighted by atomic mass is 35.5. The van der Waals surface area contributed by atoms with Gasteiger partial charge in [0.1, 0.15) is 0 Å². The van der Waals surface area contributed by atoms with E-state index in [4.69, 9.17) is 17.3 Å². The standard InChI is InChI=1S/C12H16ClNS/c1-8-4-9(2-3-11(8)13)5-12(14)10-6-15-7-10/h2-4,10,12H,5-7,14H2,1H3. The van der Waals surface area contributed by atoms with Crippen molar-refractivity contribution < 1.29 is 0 Å². The van der Waals surface area contributed by atoms with Gasteiger partial charge in [0, 0.05) is 11.1 Å². The van der Waals surface area contributed by atoms with E-state index in [1.165, 1.54) is 17.1 Å². The fourth-order valence-electron chi connectivity index (χ4n) is 1.77. The molecule has 0 saturated carbocycles. The first-order valence-corrected chi connectivity index (χ1v) is 6.78. The highest BCUT2D eigenvalue weighted by Crippen LogP contribution is 2.28. The molecule has 0 aromatic heterocycles. The van der Waals surface area contributed by atoms with E-state index in [1.54, 1.807) is 0 Å². The number of aryl methyl sites for hydroxylation is 1. The quantitative estimate of drug-likeness (QED) is 0.881. The monoisotopic (exact) mass is 241 g/mol. The van der Waals surface area contributed by atoms with E-state index in [-0.39, 0.29) is 0 Å². The maximum absolute atomic E-state index is 6.15. The molecule has 1 saturated heterocycles. The van der Waals surface area contributed by atoms with E-state index in [2.05, 4.69) is 12.1 Å². The number of rotatable bonds is 3. The fourth-order valence-corrected chi connectivity index (χ4v) is 2.89. The van der Waals surface area contributed by atoms with Gasteiger partial charge >= 0.3 is 0 Å². The van der Waals surface area contributed by atoms with Crippen LogP contribution in [0.2, 0.25) is 5.02 Å². The van der Waals surface area contributed by atoms with Crippen molar-refractivity contribution in [2.45, 2.75) is 19.4 Å². The van der Waals surface area contributed by atoms with Gasteiger partial charge in [-0.1, -0.05) is 23.7 Å². The lowest BCUT2D eigenvalue weighted by Gasteiger charge is -2.30. The molecule has 0 amide bonds. The molecular formula is C12H16ClNS. The van der Waals surface area contributed by atoms with Gasteiger partial charge in [0.25, 0.3) is 0 Å². The molecule has 1 aliphatic heterocycles. The zero-order valence-corrected chi connectivity index (χ0v) is 10.4. The molecule has 3 heteroatoms. The Morgan fingerprint density at radius 1 is 1.53 bits per heavy atom. The van der Waals surface area contributed by atoms with Crippen molar-refractivity contribution in [3.63, 3.8) is 0 Å². The molecule has 0 radical (unpaired) electrons. The van der Waals surface area contributed by atoms with Crippen molar-refractivity contribution in [3.05, 3.63) is 34.3 Å². The molecule has 1 aliphatic rings. The number of benzene rings is 1. The molecule has 0 spiro atoms. The van der Waals surface area contributed by atoms with E-state index >= 15 is 0 Å². The summed E-state index contributed by atoms with van der Waals surface area (Å²) in [6, 6.07) is 6.51. The van der Waals surface area contributed by atoms with Crippen molar-refractivity contribution in [2.24, 2.45) is 11.7 Å². The molecule has 1 aromatic rings. The van der Waals surface area contributed by atoms with E-state index in [9.17, 15) is 0 Å². The van der Waals surface area contributed by atoms with Crippen molar-refractivity contribution in [2.75, 3.05) is 11.5 Å². The Morgan fingerprint density at radius 3 is 2.80 bits per heavy atom. The lowest BCUT2D eigenvalue weighted by atomic mass is 9.96. The minimum atomic E-state index is 0.312. The molecule has 2 N–H and O–H groups in total. The predicted molar refractivity (Wildman–Crippen MR) is 68.7 cm³/mol. The Morgan fingerprint density at radius 2 is 2.27 bits per heavy atom. The smallest absolute Gasteiger partial charge is 0.0435 e. The minimum Gasteiger partial charge on any atom is -0.327 e. The summed E-state index contributed by atoms with van der Waals surface area (Å²) in [6.45, 7) is 2.04. The number of thioether (sulfide) groups is 1.